The lowest BCUT2D eigenvalue weighted by atomic mass is 10.2. The molecule has 0 aliphatic heterocycles. The van der Waals surface area contributed by atoms with Crippen molar-refractivity contribution in [2.75, 3.05) is 6.54 Å². The summed E-state index contributed by atoms with van der Waals surface area (Å²) in [5.41, 5.74) is 0.727. The molecule has 1 amide bonds. The lowest BCUT2D eigenvalue weighted by Crippen LogP contribution is -2.30. The number of amides is 1. The Labute approximate surface area is 181 Å². The second-order valence-corrected chi connectivity index (χ2v) is 10.8. The highest BCUT2D eigenvalue weighted by Crippen LogP contribution is 2.22. The number of carbonyl (C=O) groups is 1. The molecule has 11 heteroatoms. The van der Waals surface area contributed by atoms with Gasteiger partial charge < -0.3 is 5.32 Å². The highest BCUT2D eigenvalue weighted by molar-refractivity contribution is 7.89. The minimum Gasteiger partial charge on any atom is -0.352 e. The number of benzene rings is 2. The van der Waals surface area contributed by atoms with Crippen LogP contribution in [-0.4, -0.2) is 35.3 Å². The van der Waals surface area contributed by atoms with Gasteiger partial charge in [0.2, 0.25) is 26.0 Å². The number of hydrogen-bond donors (Lipinski definition) is 3. The van der Waals surface area contributed by atoms with Gasteiger partial charge in [-0.05, 0) is 42.7 Å². The molecule has 2 aromatic rings. The van der Waals surface area contributed by atoms with Crippen LogP contribution in [0.4, 0.5) is 0 Å². The summed E-state index contributed by atoms with van der Waals surface area (Å²) in [5, 5.41) is 2.78. The molecule has 1 fully saturated rings. The topological polar surface area (TPSA) is 121 Å². The fourth-order valence-corrected chi connectivity index (χ4v) is 5.46. The van der Waals surface area contributed by atoms with E-state index in [4.69, 9.17) is 11.6 Å². The zero-order valence-corrected chi connectivity index (χ0v) is 18.4. The molecule has 0 atom stereocenters. The second kappa shape index (κ2) is 9.44. The number of rotatable bonds is 10. The third-order valence-electron chi connectivity index (χ3n) is 4.39. The fraction of sp³-hybridized carbons (Fsp3) is 0.316. The van der Waals surface area contributed by atoms with E-state index in [0.717, 1.165) is 18.4 Å². The number of nitrogens with one attached hydrogen (secondary N) is 3. The smallest absolute Gasteiger partial charge is 0.242 e. The summed E-state index contributed by atoms with van der Waals surface area (Å²) in [6.45, 7) is 0.121. The Kier molecular flexibility index (Phi) is 7.14. The van der Waals surface area contributed by atoms with Crippen molar-refractivity contribution in [1.82, 2.24) is 14.8 Å². The summed E-state index contributed by atoms with van der Waals surface area (Å²) in [5.74, 6) is -0.344. The quantitative estimate of drug-likeness (QED) is 0.487. The Hall–Kier alpha value is -1.98. The van der Waals surface area contributed by atoms with Crippen LogP contribution in [-0.2, 0) is 31.4 Å². The first kappa shape index (κ1) is 22.7. The predicted octanol–water partition coefficient (Wildman–Crippen LogP) is 1.77. The first-order valence-corrected chi connectivity index (χ1v) is 12.6. The average molecular weight is 472 g/mol. The van der Waals surface area contributed by atoms with Crippen molar-refractivity contribution < 1.29 is 21.6 Å². The molecule has 0 unspecified atom stereocenters. The monoisotopic (exact) mass is 471 g/mol. The van der Waals surface area contributed by atoms with Crippen molar-refractivity contribution in [3.05, 3.63) is 59.1 Å². The van der Waals surface area contributed by atoms with E-state index >= 15 is 0 Å². The van der Waals surface area contributed by atoms with Crippen molar-refractivity contribution >= 4 is 37.6 Å². The minimum atomic E-state index is -3.80. The number of sulfonamides is 2. The molecular weight excluding hydrogens is 450 g/mol. The van der Waals surface area contributed by atoms with Gasteiger partial charge in [0.15, 0.2) is 0 Å². The highest BCUT2D eigenvalue weighted by Gasteiger charge is 2.27. The molecule has 1 saturated carbocycles. The summed E-state index contributed by atoms with van der Waals surface area (Å²) in [4.78, 5) is 12.1. The van der Waals surface area contributed by atoms with Gasteiger partial charge in [-0.25, -0.2) is 26.3 Å². The second-order valence-electron chi connectivity index (χ2n) is 6.89. The molecule has 162 valence electrons. The van der Waals surface area contributed by atoms with E-state index < -0.39 is 20.0 Å². The van der Waals surface area contributed by atoms with E-state index in [1.807, 2.05) is 0 Å². The van der Waals surface area contributed by atoms with Crippen molar-refractivity contribution in [3.63, 3.8) is 0 Å². The Morgan fingerprint density at radius 2 is 1.63 bits per heavy atom. The maximum atomic E-state index is 12.2. The lowest BCUT2D eigenvalue weighted by molar-refractivity contribution is -0.121. The molecule has 0 bridgehead atoms. The molecule has 0 heterocycles. The van der Waals surface area contributed by atoms with Gasteiger partial charge in [-0.15, -0.1) is 0 Å². The van der Waals surface area contributed by atoms with Crippen LogP contribution in [0.3, 0.4) is 0 Å². The fourth-order valence-electron chi connectivity index (χ4n) is 2.60. The summed E-state index contributed by atoms with van der Waals surface area (Å²) in [6.07, 6.45) is 1.66. The summed E-state index contributed by atoms with van der Waals surface area (Å²) in [7, 11) is -7.31. The number of halogens is 1. The van der Waals surface area contributed by atoms with Crippen LogP contribution in [0.1, 0.15) is 24.8 Å². The van der Waals surface area contributed by atoms with Gasteiger partial charge in [-0.2, -0.15) is 0 Å². The Morgan fingerprint density at radius 3 is 2.27 bits per heavy atom. The van der Waals surface area contributed by atoms with E-state index in [1.165, 1.54) is 24.3 Å². The summed E-state index contributed by atoms with van der Waals surface area (Å²) < 4.78 is 53.7. The highest BCUT2D eigenvalue weighted by atomic mass is 35.5. The van der Waals surface area contributed by atoms with Crippen LogP contribution in [0, 0.1) is 0 Å². The molecule has 8 nitrogen and oxygen atoms in total. The number of hydrogen-bond acceptors (Lipinski definition) is 5. The Morgan fingerprint density at radius 1 is 0.967 bits per heavy atom. The van der Waals surface area contributed by atoms with Crippen molar-refractivity contribution in [2.24, 2.45) is 0 Å². The lowest BCUT2D eigenvalue weighted by Gasteiger charge is -2.09. The first-order chi connectivity index (χ1) is 14.2. The van der Waals surface area contributed by atoms with Crippen molar-refractivity contribution in [1.29, 1.82) is 0 Å². The molecular formula is C19H22ClN3O5S2. The molecule has 0 aromatic heterocycles. The zero-order chi connectivity index (χ0) is 21.8. The summed E-state index contributed by atoms with van der Waals surface area (Å²) in [6, 6.07) is 12.3. The maximum Gasteiger partial charge on any atom is 0.242 e. The third kappa shape index (κ3) is 6.26. The standard InChI is InChI=1S/C19H22ClN3O5S2/c20-17-3-1-2-4-18(17)30(27,28)22-12-11-19(24)21-13-14-5-9-16(10-6-14)29(25,26)23-15-7-8-15/h1-6,9-10,15,22-23H,7-8,11-13H2,(H,21,24). The van der Waals surface area contributed by atoms with Crippen LogP contribution >= 0.6 is 11.6 Å². The van der Waals surface area contributed by atoms with E-state index in [0.29, 0.717) is 0 Å². The zero-order valence-electron chi connectivity index (χ0n) is 16.0. The minimum absolute atomic E-state index is 0.0318. The normalized spacial score (nSPS) is 14.4. The molecule has 0 saturated heterocycles. The van der Waals surface area contributed by atoms with Gasteiger partial charge in [0.1, 0.15) is 4.90 Å². The van der Waals surface area contributed by atoms with Gasteiger partial charge in [0.05, 0.1) is 9.92 Å². The van der Waals surface area contributed by atoms with Crippen LogP contribution in [0.25, 0.3) is 0 Å². The van der Waals surface area contributed by atoms with Crippen molar-refractivity contribution in [3.8, 4) is 0 Å². The van der Waals surface area contributed by atoms with E-state index in [1.54, 1.807) is 24.3 Å². The van der Waals surface area contributed by atoms with Crippen molar-refractivity contribution in [2.45, 2.75) is 41.6 Å². The van der Waals surface area contributed by atoms with Gasteiger partial charge in [-0.1, -0.05) is 35.9 Å². The first-order valence-electron chi connectivity index (χ1n) is 9.29. The number of carbonyl (C=O) groups excluding carboxylic acids is 1. The molecule has 1 aliphatic carbocycles. The van der Waals surface area contributed by atoms with E-state index in [2.05, 4.69) is 14.8 Å². The van der Waals surface area contributed by atoms with Crippen LogP contribution in [0.2, 0.25) is 5.02 Å². The SMILES string of the molecule is O=C(CCNS(=O)(=O)c1ccccc1Cl)NCc1ccc(S(=O)(=O)NC2CC2)cc1. The van der Waals surface area contributed by atoms with Crippen LogP contribution in [0.5, 0.6) is 0 Å². The summed E-state index contributed by atoms with van der Waals surface area (Å²) >= 11 is 5.89. The van der Waals surface area contributed by atoms with E-state index in [9.17, 15) is 21.6 Å². The molecule has 2 aromatic carbocycles. The molecule has 3 N–H and O–H groups in total. The molecule has 3 rings (SSSR count). The Balaban J connectivity index is 1.45. The average Bonchev–Trinajstić information content (AvgIpc) is 3.50. The molecule has 30 heavy (non-hydrogen) atoms. The molecule has 1 aliphatic rings. The van der Waals surface area contributed by atoms with Gasteiger partial charge >= 0.3 is 0 Å². The van der Waals surface area contributed by atoms with Gasteiger partial charge in [-0.3, -0.25) is 4.79 Å². The molecule has 0 spiro atoms. The largest absolute Gasteiger partial charge is 0.352 e. The third-order valence-corrected chi connectivity index (χ3v) is 7.89. The van der Waals surface area contributed by atoms with Crippen LogP contribution < -0.4 is 14.8 Å². The van der Waals surface area contributed by atoms with E-state index in [-0.39, 0.29) is 46.3 Å². The van der Waals surface area contributed by atoms with Gasteiger partial charge in [0.25, 0.3) is 0 Å². The Bertz CT molecular complexity index is 1120. The van der Waals surface area contributed by atoms with Gasteiger partial charge in [0, 0.05) is 25.6 Å². The predicted molar refractivity (Wildman–Crippen MR) is 113 cm³/mol. The van der Waals surface area contributed by atoms with Crippen LogP contribution in [0.15, 0.2) is 58.3 Å². The maximum absolute atomic E-state index is 12.2. The molecule has 0 radical (unpaired) electrons.